The van der Waals surface area contributed by atoms with Crippen LogP contribution in [0.4, 0.5) is 23.2 Å². The first-order valence-corrected chi connectivity index (χ1v) is 3.88. The fraction of sp³-hybridized carbons (Fsp3) is 0.250. The molecule has 0 saturated carbocycles. The number of pyridine rings is 1. The van der Waals surface area contributed by atoms with E-state index >= 15 is 0 Å². The number of nitrogens with two attached hydrogens (primary N) is 1. The molecule has 4 nitrogen and oxygen atoms in total. The summed E-state index contributed by atoms with van der Waals surface area (Å²) < 4.78 is 51.6. The van der Waals surface area contributed by atoms with Gasteiger partial charge in [0.2, 0.25) is 5.88 Å². The van der Waals surface area contributed by atoms with Crippen LogP contribution in [0.25, 0.3) is 0 Å². The number of aromatic nitrogens is 1. The number of ether oxygens (including phenoxy) is 1. The zero-order valence-electron chi connectivity index (χ0n) is 7.68. The van der Waals surface area contributed by atoms with Crippen LogP contribution in [0.15, 0.2) is 6.07 Å². The quantitative estimate of drug-likeness (QED) is 0.794. The molecule has 16 heavy (non-hydrogen) atoms. The van der Waals surface area contributed by atoms with Crippen LogP contribution in [-0.2, 0) is 6.67 Å². The number of alkyl halides is 4. The van der Waals surface area contributed by atoms with Gasteiger partial charge in [0, 0.05) is 5.69 Å². The number of nitrogens with zero attached hydrogens (tertiary/aromatic N) is 2. The minimum Gasteiger partial charge on any atom is -0.398 e. The van der Waals surface area contributed by atoms with E-state index in [2.05, 4.69) is 9.72 Å². The van der Waals surface area contributed by atoms with Crippen LogP contribution < -0.4 is 10.5 Å². The zero-order valence-corrected chi connectivity index (χ0v) is 7.68. The lowest BCUT2D eigenvalue weighted by Gasteiger charge is -2.12. The summed E-state index contributed by atoms with van der Waals surface area (Å²) in [5.41, 5.74) is 4.03. The summed E-state index contributed by atoms with van der Waals surface area (Å²) in [6.07, 6.45) is -5.02. The van der Waals surface area contributed by atoms with Crippen LogP contribution in [0, 0.1) is 11.3 Å². The van der Waals surface area contributed by atoms with Gasteiger partial charge in [-0.05, 0) is 6.07 Å². The smallest absolute Gasteiger partial charge is 0.398 e. The molecule has 0 saturated heterocycles. The molecule has 0 amide bonds. The fourth-order valence-electron chi connectivity index (χ4n) is 0.953. The molecular formula is C8H5F4N3O. The Labute approximate surface area is 87.3 Å². The third kappa shape index (κ3) is 2.73. The zero-order chi connectivity index (χ0) is 12.3. The van der Waals surface area contributed by atoms with Gasteiger partial charge in [-0.2, -0.15) is 5.26 Å². The summed E-state index contributed by atoms with van der Waals surface area (Å²) >= 11 is 0. The maximum Gasteiger partial charge on any atom is 0.574 e. The van der Waals surface area contributed by atoms with Gasteiger partial charge in [0.25, 0.3) is 0 Å². The molecule has 0 aliphatic rings. The topological polar surface area (TPSA) is 71.9 Å². The maximum atomic E-state index is 12.4. The number of halogens is 4. The second-order valence-corrected chi connectivity index (χ2v) is 2.67. The lowest BCUT2D eigenvalue weighted by atomic mass is 10.2. The Kier molecular flexibility index (Phi) is 3.17. The Balaban J connectivity index is 3.24. The van der Waals surface area contributed by atoms with Crippen LogP contribution >= 0.6 is 0 Å². The van der Waals surface area contributed by atoms with Gasteiger partial charge in [0.15, 0.2) is 0 Å². The van der Waals surface area contributed by atoms with Gasteiger partial charge in [-0.1, -0.05) is 0 Å². The second kappa shape index (κ2) is 4.22. The number of anilines is 1. The van der Waals surface area contributed by atoms with Gasteiger partial charge < -0.3 is 10.5 Å². The fourth-order valence-corrected chi connectivity index (χ4v) is 0.953. The number of nitriles is 1. The van der Waals surface area contributed by atoms with E-state index in [1.165, 1.54) is 6.07 Å². The summed E-state index contributed by atoms with van der Waals surface area (Å²) in [6, 6.07) is 2.45. The highest BCUT2D eigenvalue weighted by atomic mass is 19.4. The summed E-state index contributed by atoms with van der Waals surface area (Å²) in [5.74, 6) is -1.04. The van der Waals surface area contributed by atoms with Crippen LogP contribution in [-0.4, -0.2) is 11.3 Å². The van der Waals surface area contributed by atoms with Crippen LogP contribution in [0.2, 0.25) is 0 Å². The van der Waals surface area contributed by atoms with Crippen molar-refractivity contribution in [2.24, 2.45) is 0 Å². The largest absolute Gasteiger partial charge is 0.574 e. The minimum absolute atomic E-state index is 0.312. The predicted molar refractivity (Wildman–Crippen MR) is 44.9 cm³/mol. The molecule has 1 aromatic heterocycles. The van der Waals surface area contributed by atoms with Crippen molar-refractivity contribution in [1.29, 1.82) is 5.26 Å². The molecule has 0 aliphatic carbocycles. The van der Waals surface area contributed by atoms with E-state index < -0.39 is 24.5 Å². The van der Waals surface area contributed by atoms with Crippen LogP contribution in [0.3, 0.4) is 0 Å². The van der Waals surface area contributed by atoms with Gasteiger partial charge in [0.1, 0.15) is 18.4 Å². The van der Waals surface area contributed by atoms with Crippen molar-refractivity contribution in [2.45, 2.75) is 13.0 Å². The molecule has 8 heteroatoms. The lowest BCUT2D eigenvalue weighted by Crippen LogP contribution is -2.19. The highest BCUT2D eigenvalue weighted by Crippen LogP contribution is 2.29. The molecule has 2 N–H and O–H groups in total. The minimum atomic E-state index is -5.02. The highest BCUT2D eigenvalue weighted by Gasteiger charge is 2.33. The van der Waals surface area contributed by atoms with E-state index in [1.807, 2.05) is 0 Å². The number of hydrogen-bond acceptors (Lipinski definition) is 4. The van der Waals surface area contributed by atoms with Crippen molar-refractivity contribution in [2.75, 3.05) is 5.73 Å². The van der Waals surface area contributed by atoms with Crippen molar-refractivity contribution in [3.63, 3.8) is 0 Å². The Morgan fingerprint density at radius 3 is 2.56 bits per heavy atom. The van der Waals surface area contributed by atoms with Gasteiger partial charge >= 0.3 is 6.36 Å². The molecule has 86 valence electrons. The Morgan fingerprint density at radius 2 is 2.12 bits per heavy atom. The average Bonchev–Trinajstić information content (AvgIpc) is 2.14. The first-order chi connectivity index (χ1) is 7.37. The van der Waals surface area contributed by atoms with Crippen LogP contribution in [0.1, 0.15) is 11.3 Å². The summed E-state index contributed by atoms with van der Waals surface area (Å²) in [5, 5.41) is 8.45. The van der Waals surface area contributed by atoms with Gasteiger partial charge in [-0.15, -0.1) is 13.2 Å². The summed E-state index contributed by atoms with van der Waals surface area (Å²) in [4.78, 5) is 3.18. The molecule has 0 unspecified atom stereocenters. The number of nitrogen functional groups attached to an aromatic ring is 1. The number of rotatable bonds is 2. The van der Waals surface area contributed by atoms with Crippen LogP contribution in [0.5, 0.6) is 5.88 Å². The van der Waals surface area contributed by atoms with Crippen molar-refractivity contribution in [3.05, 3.63) is 17.3 Å². The van der Waals surface area contributed by atoms with E-state index in [9.17, 15) is 17.6 Å². The van der Waals surface area contributed by atoms with E-state index in [-0.39, 0.29) is 11.4 Å². The second-order valence-electron chi connectivity index (χ2n) is 2.67. The van der Waals surface area contributed by atoms with Gasteiger partial charge in [-0.25, -0.2) is 9.37 Å². The Bertz CT molecular complexity index is 438. The highest BCUT2D eigenvalue weighted by molar-refractivity contribution is 5.54. The van der Waals surface area contributed by atoms with E-state index in [0.29, 0.717) is 0 Å². The number of hydrogen-bond donors (Lipinski definition) is 1. The predicted octanol–water partition coefficient (Wildman–Crippen LogP) is 1.90. The SMILES string of the molecule is N#Cc1cc(N)c(CF)c(OC(F)(F)F)n1. The Morgan fingerprint density at radius 1 is 1.50 bits per heavy atom. The third-order valence-electron chi connectivity index (χ3n) is 1.58. The standard InChI is InChI=1S/C8H5F4N3O/c9-2-5-6(14)1-4(3-13)15-7(5)16-8(10,11)12/h1H,2H2,(H2,14,15). The molecule has 0 aliphatic heterocycles. The lowest BCUT2D eigenvalue weighted by molar-refractivity contribution is -0.276. The van der Waals surface area contributed by atoms with Crippen molar-refractivity contribution in [3.8, 4) is 11.9 Å². The average molecular weight is 235 g/mol. The van der Waals surface area contributed by atoms with Gasteiger partial charge in [-0.3, -0.25) is 0 Å². The third-order valence-corrected chi connectivity index (χ3v) is 1.58. The molecule has 0 bridgehead atoms. The molecule has 0 fully saturated rings. The van der Waals surface area contributed by atoms with Crippen molar-refractivity contribution >= 4 is 5.69 Å². The van der Waals surface area contributed by atoms with Crippen molar-refractivity contribution in [1.82, 2.24) is 4.98 Å². The summed E-state index contributed by atoms with van der Waals surface area (Å²) in [7, 11) is 0. The normalized spacial score (nSPS) is 10.9. The van der Waals surface area contributed by atoms with E-state index in [1.54, 1.807) is 0 Å². The molecule has 0 aromatic carbocycles. The summed E-state index contributed by atoms with van der Waals surface area (Å²) in [6.45, 7) is -1.27. The molecule has 0 radical (unpaired) electrons. The first-order valence-electron chi connectivity index (χ1n) is 3.88. The first kappa shape index (κ1) is 12.0. The maximum absolute atomic E-state index is 12.4. The van der Waals surface area contributed by atoms with E-state index in [0.717, 1.165) is 6.07 Å². The molecule has 0 atom stereocenters. The molecule has 0 spiro atoms. The molecule has 1 aromatic rings. The Hall–Kier alpha value is -2.04. The molecular weight excluding hydrogens is 230 g/mol. The monoisotopic (exact) mass is 235 g/mol. The molecule has 1 heterocycles. The van der Waals surface area contributed by atoms with Crippen molar-refractivity contribution < 1.29 is 22.3 Å². The van der Waals surface area contributed by atoms with Gasteiger partial charge in [0.05, 0.1) is 5.56 Å². The molecule has 1 rings (SSSR count). The van der Waals surface area contributed by atoms with E-state index in [4.69, 9.17) is 11.0 Å².